The minimum absolute atomic E-state index is 0.455. The molecule has 0 saturated heterocycles. The van der Waals surface area contributed by atoms with Gasteiger partial charge in [-0.2, -0.15) is 0 Å². The Morgan fingerprint density at radius 3 is 1.30 bits per heavy atom. The minimum atomic E-state index is -0.519. The zero-order valence-electron chi connectivity index (χ0n) is 36.7. The van der Waals surface area contributed by atoms with Crippen molar-refractivity contribution in [2.75, 3.05) is 0 Å². The molecule has 0 radical (unpaired) electrons. The van der Waals surface area contributed by atoms with Gasteiger partial charge in [-0.25, -0.2) is 0 Å². The van der Waals surface area contributed by atoms with Crippen LogP contribution in [0.2, 0.25) is 0 Å². The van der Waals surface area contributed by atoms with Gasteiger partial charge >= 0.3 is 0 Å². The largest absolute Gasteiger partial charge is 0.489 e. The van der Waals surface area contributed by atoms with Gasteiger partial charge in [-0.15, -0.1) is 0 Å². The smallest absolute Gasteiger partial charge is 0.133 e. The van der Waals surface area contributed by atoms with Gasteiger partial charge in [-0.1, -0.05) is 152 Å². The lowest BCUT2D eigenvalue weighted by atomic mass is 9.68. The molecule has 0 unspecified atom stereocenters. The highest BCUT2D eigenvalue weighted by Gasteiger charge is 2.45. The molecule has 0 aromatic heterocycles. The Bertz CT molecular complexity index is 2810. The molecule has 4 heteroatoms. The third-order valence-corrected chi connectivity index (χ3v) is 12.2. The highest BCUT2D eigenvalue weighted by atomic mass is 16.5. The second kappa shape index (κ2) is 17.6. The van der Waals surface area contributed by atoms with Crippen molar-refractivity contribution in [1.82, 2.24) is 0 Å². The number of hydrogen-bond acceptors (Lipinski definition) is 4. The lowest BCUT2D eigenvalue weighted by Crippen LogP contribution is -2.28. The van der Waals surface area contributed by atoms with Crippen molar-refractivity contribution in [2.24, 2.45) is 0 Å². The highest BCUT2D eigenvalue weighted by Crippen LogP contribution is 2.56. The van der Waals surface area contributed by atoms with Crippen LogP contribution in [0, 0.1) is 34.6 Å². The molecular formula is C59H52O4. The first kappa shape index (κ1) is 41.1. The van der Waals surface area contributed by atoms with E-state index in [0.717, 1.165) is 73.3 Å². The van der Waals surface area contributed by atoms with E-state index >= 15 is 0 Å². The molecule has 0 atom stereocenters. The van der Waals surface area contributed by atoms with Crippen LogP contribution in [-0.4, -0.2) is 0 Å². The van der Waals surface area contributed by atoms with Crippen molar-refractivity contribution < 1.29 is 18.9 Å². The van der Waals surface area contributed by atoms with Gasteiger partial charge in [0.05, 0.1) is 5.41 Å². The number of hydrogen-bond donors (Lipinski definition) is 0. The molecule has 312 valence electrons. The SMILES string of the molecule is C=Cc1ccc(COc2ccc(C3(c4ccc(OCc5ccc(COc6c(C)cc(Oc7c(C)cc(C)cc7C)cc6C)cc5)cc4)c4ccccc4-c4ccccc43)cc2)cc1. The quantitative estimate of drug-likeness (QED) is 0.109. The zero-order chi connectivity index (χ0) is 43.5. The summed E-state index contributed by atoms with van der Waals surface area (Å²) in [5, 5.41) is 0. The van der Waals surface area contributed by atoms with Crippen molar-refractivity contribution in [3.63, 3.8) is 0 Å². The molecule has 9 rings (SSSR count). The Kier molecular flexibility index (Phi) is 11.5. The van der Waals surface area contributed by atoms with E-state index in [-0.39, 0.29) is 0 Å². The van der Waals surface area contributed by atoms with Crippen LogP contribution < -0.4 is 18.9 Å². The lowest BCUT2D eigenvalue weighted by molar-refractivity contribution is 0.299. The van der Waals surface area contributed by atoms with Gasteiger partial charge in [0.1, 0.15) is 48.6 Å². The van der Waals surface area contributed by atoms with E-state index in [2.05, 4.69) is 211 Å². The summed E-state index contributed by atoms with van der Waals surface area (Å²) in [5.74, 6) is 4.26. The molecule has 0 saturated carbocycles. The van der Waals surface area contributed by atoms with E-state index in [1.54, 1.807) is 0 Å². The maximum atomic E-state index is 6.39. The summed E-state index contributed by atoms with van der Waals surface area (Å²) < 4.78 is 25.4. The second-order valence-corrected chi connectivity index (χ2v) is 16.7. The molecule has 1 aliphatic rings. The Morgan fingerprint density at radius 1 is 0.429 bits per heavy atom. The number of rotatable bonds is 14. The fraction of sp³-hybridized carbons (Fsp3) is 0.153. The topological polar surface area (TPSA) is 36.9 Å². The van der Waals surface area contributed by atoms with Gasteiger partial charge in [0, 0.05) is 0 Å². The van der Waals surface area contributed by atoms with Crippen molar-refractivity contribution in [2.45, 2.75) is 59.9 Å². The monoisotopic (exact) mass is 824 g/mol. The Labute approximate surface area is 372 Å². The average Bonchev–Trinajstić information content (AvgIpc) is 3.60. The third kappa shape index (κ3) is 8.25. The molecule has 1 aliphatic carbocycles. The number of benzene rings is 8. The molecule has 0 amide bonds. The fourth-order valence-corrected chi connectivity index (χ4v) is 9.24. The summed E-state index contributed by atoms with van der Waals surface area (Å²) in [6.07, 6.45) is 1.85. The molecule has 0 spiro atoms. The Morgan fingerprint density at radius 2 is 0.841 bits per heavy atom. The van der Waals surface area contributed by atoms with Crippen LogP contribution in [-0.2, 0) is 25.2 Å². The van der Waals surface area contributed by atoms with Crippen LogP contribution in [0.4, 0.5) is 0 Å². The van der Waals surface area contributed by atoms with E-state index in [1.165, 1.54) is 38.9 Å². The molecule has 8 aromatic carbocycles. The van der Waals surface area contributed by atoms with E-state index < -0.39 is 5.41 Å². The van der Waals surface area contributed by atoms with Crippen LogP contribution in [0.5, 0.6) is 28.7 Å². The van der Waals surface area contributed by atoms with Crippen molar-refractivity contribution in [1.29, 1.82) is 0 Å². The standard InChI is InChI=1S/C59H52O4/c1-7-44-16-18-45(19-17-44)36-60-50-28-24-48(25-29-50)59(55-14-10-8-12-53(55)54-13-9-11-15-56(54)59)49-26-30-51(31-27-49)61-37-46-20-22-47(23-21-46)38-62-57-42(5)34-52(35-43(57)6)63-58-40(3)32-39(2)33-41(58)4/h7-35H,1,36-38H2,2-6H3. The molecule has 0 bridgehead atoms. The molecule has 0 heterocycles. The van der Waals surface area contributed by atoms with Gasteiger partial charge in [0.15, 0.2) is 0 Å². The summed E-state index contributed by atoms with van der Waals surface area (Å²) in [7, 11) is 0. The highest BCUT2D eigenvalue weighted by molar-refractivity contribution is 5.86. The summed E-state index contributed by atoms with van der Waals surface area (Å²) in [5.41, 5.74) is 16.8. The lowest BCUT2D eigenvalue weighted by Gasteiger charge is -2.34. The maximum Gasteiger partial charge on any atom is 0.133 e. The summed E-state index contributed by atoms with van der Waals surface area (Å²) in [6, 6.07) is 60.0. The van der Waals surface area contributed by atoms with Gasteiger partial charge in [-0.3, -0.25) is 0 Å². The van der Waals surface area contributed by atoms with E-state index in [0.29, 0.717) is 19.8 Å². The maximum absolute atomic E-state index is 6.39. The number of ether oxygens (including phenoxy) is 4. The predicted molar refractivity (Wildman–Crippen MR) is 256 cm³/mol. The van der Waals surface area contributed by atoms with Crippen LogP contribution in [0.3, 0.4) is 0 Å². The minimum Gasteiger partial charge on any atom is -0.489 e. The summed E-state index contributed by atoms with van der Waals surface area (Å²) >= 11 is 0. The van der Waals surface area contributed by atoms with E-state index in [9.17, 15) is 0 Å². The molecule has 63 heavy (non-hydrogen) atoms. The molecule has 4 nitrogen and oxygen atoms in total. The van der Waals surface area contributed by atoms with E-state index in [4.69, 9.17) is 18.9 Å². The number of aryl methyl sites for hydroxylation is 5. The summed E-state index contributed by atoms with van der Waals surface area (Å²) in [6.45, 7) is 15.7. The van der Waals surface area contributed by atoms with Gasteiger partial charge in [0.2, 0.25) is 0 Å². The molecule has 0 fully saturated rings. The molecule has 8 aromatic rings. The van der Waals surface area contributed by atoms with Gasteiger partial charge in [-0.05, 0) is 149 Å². The normalized spacial score (nSPS) is 12.3. The Balaban J connectivity index is 0.886. The first-order chi connectivity index (χ1) is 30.7. The van der Waals surface area contributed by atoms with Crippen LogP contribution >= 0.6 is 0 Å². The molecule has 0 N–H and O–H groups in total. The van der Waals surface area contributed by atoms with Crippen molar-refractivity contribution in [3.8, 4) is 39.9 Å². The Hall–Kier alpha value is -7.30. The zero-order valence-corrected chi connectivity index (χ0v) is 36.7. The van der Waals surface area contributed by atoms with Gasteiger partial charge < -0.3 is 18.9 Å². The summed E-state index contributed by atoms with van der Waals surface area (Å²) in [4.78, 5) is 0. The van der Waals surface area contributed by atoms with Crippen molar-refractivity contribution >= 4 is 6.08 Å². The third-order valence-electron chi connectivity index (χ3n) is 12.2. The molecular weight excluding hydrogens is 773 g/mol. The average molecular weight is 825 g/mol. The van der Waals surface area contributed by atoms with Crippen LogP contribution in [0.25, 0.3) is 17.2 Å². The fourth-order valence-electron chi connectivity index (χ4n) is 9.24. The molecule has 0 aliphatic heterocycles. The van der Waals surface area contributed by atoms with E-state index in [1.807, 2.05) is 6.08 Å². The second-order valence-electron chi connectivity index (χ2n) is 16.7. The van der Waals surface area contributed by atoms with Crippen LogP contribution in [0.15, 0.2) is 176 Å². The number of fused-ring (bicyclic) bond motifs is 3. The first-order valence-corrected chi connectivity index (χ1v) is 21.6. The van der Waals surface area contributed by atoms with Gasteiger partial charge in [0.25, 0.3) is 0 Å². The first-order valence-electron chi connectivity index (χ1n) is 21.6. The van der Waals surface area contributed by atoms with Crippen molar-refractivity contribution in [3.05, 3.63) is 249 Å². The predicted octanol–water partition coefficient (Wildman–Crippen LogP) is 14.8. The van der Waals surface area contributed by atoms with Crippen LogP contribution in [0.1, 0.15) is 72.3 Å².